The van der Waals surface area contributed by atoms with Gasteiger partial charge >= 0.3 is 0 Å². The normalized spacial score (nSPS) is 18.6. The standard InChI is InChI=1S/C20H24N6O2/c1-11-5-6-14(12(2)9-11)22-19(28)13-10-15(27)23-18-16(13)17(21)24-20(25-18)26-7-3-4-8-26/h5-6,9,13H,3-4,7-8,10H2,1-2H3,(H,22,28)(H3,21,23,24,25,27). The minimum absolute atomic E-state index is 0.0142. The number of rotatable bonds is 3. The molecule has 1 saturated heterocycles. The lowest BCUT2D eigenvalue weighted by Gasteiger charge is -2.27. The zero-order valence-electron chi connectivity index (χ0n) is 16.1. The van der Waals surface area contributed by atoms with E-state index in [1.54, 1.807) is 0 Å². The first kappa shape index (κ1) is 18.2. The molecule has 0 bridgehead atoms. The summed E-state index contributed by atoms with van der Waals surface area (Å²) in [5, 5.41) is 5.68. The van der Waals surface area contributed by atoms with Gasteiger partial charge in [-0.15, -0.1) is 0 Å². The van der Waals surface area contributed by atoms with E-state index in [2.05, 4.69) is 20.6 Å². The number of hydrogen-bond acceptors (Lipinski definition) is 6. The van der Waals surface area contributed by atoms with E-state index >= 15 is 0 Å². The molecule has 0 aliphatic carbocycles. The monoisotopic (exact) mass is 380 g/mol. The van der Waals surface area contributed by atoms with E-state index in [-0.39, 0.29) is 24.1 Å². The number of aromatic nitrogens is 2. The van der Waals surface area contributed by atoms with Crippen LogP contribution in [0.5, 0.6) is 0 Å². The molecule has 0 radical (unpaired) electrons. The van der Waals surface area contributed by atoms with Gasteiger partial charge in [0.05, 0.1) is 11.5 Å². The highest BCUT2D eigenvalue weighted by molar-refractivity contribution is 6.05. The summed E-state index contributed by atoms with van der Waals surface area (Å²) < 4.78 is 0. The van der Waals surface area contributed by atoms with Gasteiger partial charge in [-0.05, 0) is 38.3 Å². The van der Waals surface area contributed by atoms with Crippen LogP contribution < -0.4 is 21.3 Å². The van der Waals surface area contributed by atoms with Crippen LogP contribution in [0.15, 0.2) is 18.2 Å². The molecule has 0 spiro atoms. The van der Waals surface area contributed by atoms with Gasteiger partial charge in [0.1, 0.15) is 11.6 Å². The third-order valence-corrected chi connectivity index (χ3v) is 5.30. The summed E-state index contributed by atoms with van der Waals surface area (Å²) >= 11 is 0. The Kier molecular flexibility index (Phi) is 4.62. The Labute approximate surface area is 163 Å². The van der Waals surface area contributed by atoms with Crippen LogP contribution in [0.25, 0.3) is 0 Å². The Morgan fingerprint density at radius 3 is 2.71 bits per heavy atom. The number of hydrogen-bond donors (Lipinski definition) is 3. The van der Waals surface area contributed by atoms with Crippen LogP contribution in [0.1, 0.15) is 41.9 Å². The summed E-state index contributed by atoms with van der Waals surface area (Å²) in [5.41, 5.74) is 9.50. The van der Waals surface area contributed by atoms with Crippen LogP contribution in [0.4, 0.5) is 23.3 Å². The molecular formula is C20H24N6O2. The number of amides is 2. The molecule has 2 aliphatic rings. The summed E-state index contributed by atoms with van der Waals surface area (Å²) in [6, 6.07) is 5.80. The number of nitrogens with zero attached hydrogens (tertiary/aromatic N) is 3. The Bertz CT molecular complexity index is 952. The Morgan fingerprint density at radius 2 is 2.00 bits per heavy atom. The fourth-order valence-electron chi connectivity index (χ4n) is 3.84. The van der Waals surface area contributed by atoms with Gasteiger partial charge in [0.2, 0.25) is 17.8 Å². The quantitative estimate of drug-likeness (QED) is 0.753. The molecular weight excluding hydrogens is 356 g/mol. The van der Waals surface area contributed by atoms with E-state index in [0.29, 0.717) is 17.3 Å². The highest BCUT2D eigenvalue weighted by atomic mass is 16.2. The van der Waals surface area contributed by atoms with Crippen molar-refractivity contribution in [1.29, 1.82) is 0 Å². The van der Waals surface area contributed by atoms with E-state index in [0.717, 1.165) is 42.7 Å². The largest absolute Gasteiger partial charge is 0.383 e. The van der Waals surface area contributed by atoms with Crippen molar-refractivity contribution in [3.05, 3.63) is 34.9 Å². The summed E-state index contributed by atoms with van der Waals surface area (Å²) in [6.45, 7) is 5.66. The molecule has 28 heavy (non-hydrogen) atoms. The fraction of sp³-hybridized carbons (Fsp3) is 0.400. The molecule has 4 rings (SSSR count). The lowest BCUT2D eigenvalue weighted by Crippen LogP contribution is -2.33. The van der Waals surface area contributed by atoms with E-state index in [9.17, 15) is 9.59 Å². The molecule has 2 amide bonds. The van der Waals surface area contributed by atoms with E-state index in [1.165, 1.54) is 0 Å². The van der Waals surface area contributed by atoms with E-state index in [4.69, 9.17) is 5.73 Å². The first-order valence-electron chi connectivity index (χ1n) is 9.52. The van der Waals surface area contributed by atoms with Crippen LogP contribution in [0.3, 0.4) is 0 Å². The number of nitrogen functional groups attached to an aromatic ring is 1. The molecule has 1 fully saturated rings. The fourth-order valence-corrected chi connectivity index (χ4v) is 3.84. The molecule has 8 heteroatoms. The highest BCUT2D eigenvalue weighted by Gasteiger charge is 2.35. The van der Waals surface area contributed by atoms with Gasteiger partial charge < -0.3 is 21.3 Å². The molecule has 1 aromatic heterocycles. The second kappa shape index (κ2) is 7.10. The number of fused-ring (bicyclic) bond motifs is 1. The highest BCUT2D eigenvalue weighted by Crippen LogP contribution is 2.37. The molecule has 4 N–H and O–H groups in total. The summed E-state index contributed by atoms with van der Waals surface area (Å²) in [6.07, 6.45) is 2.17. The van der Waals surface area contributed by atoms with Gasteiger partial charge in [0.15, 0.2) is 0 Å². The average molecular weight is 380 g/mol. The van der Waals surface area contributed by atoms with Crippen molar-refractivity contribution < 1.29 is 9.59 Å². The minimum atomic E-state index is -0.725. The van der Waals surface area contributed by atoms with Crippen LogP contribution in [-0.4, -0.2) is 34.9 Å². The molecule has 1 unspecified atom stereocenters. The molecule has 146 valence electrons. The number of nitrogens with two attached hydrogens (primary N) is 1. The first-order valence-corrected chi connectivity index (χ1v) is 9.52. The van der Waals surface area contributed by atoms with Crippen molar-refractivity contribution in [2.24, 2.45) is 0 Å². The van der Waals surface area contributed by atoms with E-state index < -0.39 is 5.92 Å². The van der Waals surface area contributed by atoms with Crippen molar-refractivity contribution >= 4 is 35.1 Å². The molecule has 2 aromatic rings. The lowest BCUT2D eigenvalue weighted by molar-refractivity contribution is -0.123. The van der Waals surface area contributed by atoms with Crippen molar-refractivity contribution in [3.8, 4) is 0 Å². The second-order valence-corrected chi connectivity index (χ2v) is 7.48. The van der Waals surface area contributed by atoms with Crippen LogP contribution in [-0.2, 0) is 9.59 Å². The zero-order valence-corrected chi connectivity index (χ0v) is 16.1. The zero-order chi connectivity index (χ0) is 19.8. The smallest absolute Gasteiger partial charge is 0.232 e. The summed E-state index contributed by atoms with van der Waals surface area (Å²) in [4.78, 5) is 36.2. The first-order chi connectivity index (χ1) is 13.4. The number of nitrogens with one attached hydrogen (secondary N) is 2. The number of carbonyl (C=O) groups is 2. The Balaban J connectivity index is 1.65. The number of aryl methyl sites for hydroxylation is 2. The maximum absolute atomic E-state index is 13.0. The number of anilines is 4. The van der Waals surface area contributed by atoms with Crippen LogP contribution >= 0.6 is 0 Å². The lowest BCUT2D eigenvalue weighted by atomic mass is 9.91. The molecule has 1 aromatic carbocycles. The van der Waals surface area contributed by atoms with Crippen molar-refractivity contribution in [1.82, 2.24) is 9.97 Å². The van der Waals surface area contributed by atoms with Crippen molar-refractivity contribution in [2.45, 2.75) is 39.0 Å². The van der Waals surface area contributed by atoms with Gasteiger partial charge in [-0.25, -0.2) is 0 Å². The predicted molar refractivity (Wildman–Crippen MR) is 108 cm³/mol. The third-order valence-electron chi connectivity index (χ3n) is 5.30. The topological polar surface area (TPSA) is 113 Å². The second-order valence-electron chi connectivity index (χ2n) is 7.48. The Hall–Kier alpha value is -3.16. The maximum Gasteiger partial charge on any atom is 0.232 e. The van der Waals surface area contributed by atoms with Gasteiger partial charge in [-0.1, -0.05) is 17.7 Å². The van der Waals surface area contributed by atoms with Gasteiger partial charge in [0, 0.05) is 25.2 Å². The third kappa shape index (κ3) is 3.37. The van der Waals surface area contributed by atoms with Gasteiger partial charge in [-0.2, -0.15) is 9.97 Å². The number of benzene rings is 1. The van der Waals surface area contributed by atoms with E-state index in [1.807, 2.05) is 36.9 Å². The van der Waals surface area contributed by atoms with Crippen molar-refractivity contribution in [3.63, 3.8) is 0 Å². The van der Waals surface area contributed by atoms with Crippen molar-refractivity contribution in [2.75, 3.05) is 34.4 Å². The molecule has 8 nitrogen and oxygen atoms in total. The van der Waals surface area contributed by atoms with Gasteiger partial charge in [0.25, 0.3) is 0 Å². The molecule has 3 heterocycles. The SMILES string of the molecule is Cc1ccc(NC(=O)C2CC(=O)Nc3nc(N4CCCC4)nc(N)c32)c(C)c1. The maximum atomic E-state index is 13.0. The van der Waals surface area contributed by atoms with Crippen LogP contribution in [0, 0.1) is 13.8 Å². The predicted octanol–water partition coefficient (Wildman–Crippen LogP) is 2.34. The van der Waals surface area contributed by atoms with Crippen LogP contribution in [0.2, 0.25) is 0 Å². The molecule has 1 atom stereocenters. The number of carbonyl (C=O) groups excluding carboxylic acids is 2. The minimum Gasteiger partial charge on any atom is -0.383 e. The molecule has 2 aliphatic heterocycles. The summed E-state index contributed by atoms with van der Waals surface area (Å²) in [5.74, 6) is -0.174. The van der Waals surface area contributed by atoms with Gasteiger partial charge in [-0.3, -0.25) is 9.59 Å². The summed E-state index contributed by atoms with van der Waals surface area (Å²) in [7, 11) is 0. The average Bonchev–Trinajstić information content (AvgIpc) is 3.17. The molecule has 0 saturated carbocycles. The Morgan fingerprint density at radius 1 is 1.25 bits per heavy atom.